The molecule has 0 aliphatic carbocycles. The molecular weight excluding hydrogens is 408 g/mol. The Morgan fingerprint density at radius 1 is 1.17 bits per heavy atom. The fourth-order valence-corrected chi connectivity index (χ4v) is 5.66. The Labute approximate surface area is 177 Å². The lowest BCUT2D eigenvalue weighted by molar-refractivity contribution is 0.102. The van der Waals surface area contributed by atoms with Gasteiger partial charge in [-0.15, -0.1) is 0 Å². The van der Waals surface area contributed by atoms with Crippen LogP contribution in [-0.2, 0) is 16.6 Å². The van der Waals surface area contributed by atoms with E-state index in [1.807, 2.05) is 27.0 Å². The van der Waals surface area contributed by atoms with Crippen molar-refractivity contribution in [1.82, 2.24) is 18.8 Å². The van der Waals surface area contributed by atoms with Crippen molar-refractivity contribution in [3.63, 3.8) is 0 Å². The minimum Gasteiger partial charge on any atom is -0.349 e. The number of hydrogen-bond acceptors (Lipinski definition) is 6. The number of likely N-dealkylation sites (N-methyl/N-ethyl adjacent to an activating group) is 1. The molecule has 29 heavy (non-hydrogen) atoms. The molecule has 0 aromatic carbocycles. The predicted octanol–water partition coefficient (Wildman–Crippen LogP) is 2.43. The molecule has 1 fully saturated rings. The van der Waals surface area contributed by atoms with Crippen LogP contribution < -0.4 is 0 Å². The van der Waals surface area contributed by atoms with Crippen molar-refractivity contribution in [3.8, 4) is 0 Å². The van der Waals surface area contributed by atoms with Gasteiger partial charge in [0, 0.05) is 55.9 Å². The second-order valence-corrected chi connectivity index (χ2v) is 10.2. The first-order valence-corrected chi connectivity index (χ1v) is 12.1. The number of thioether (sulfide) groups is 1. The highest BCUT2D eigenvalue weighted by molar-refractivity contribution is 7.99. The van der Waals surface area contributed by atoms with Crippen LogP contribution in [0, 0.1) is 13.8 Å². The quantitative estimate of drug-likeness (QED) is 0.490. The highest BCUT2D eigenvalue weighted by Crippen LogP contribution is 2.23. The Balaban J connectivity index is 1.64. The number of aryl methyl sites for hydroxylation is 1. The molecule has 9 heteroatoms. The lowest BCUT2D eigenvalue weighted by atomic mass is 10.2. The molecule has 0 atom stereocenters. The van der Waals surface area contributed by atoms with Crippen LogP contribution in [-0.4, -0.2) is 71.9 Å². The SMILES string of the molecule is CCn1c(C)cc(C(=O)CSc2ccc(S(=O)(=O)N3CCN(C)CC3)cn2)c1C. The maximum Gasteiger partial charge on any atom is 0.244 e. The van der Waals surface area contributed by atoms with Gasteiger partial charge >= 0.3 is 0 Å². The topological polar surface area (TPSA) is 75.5 Å². The normalized spacial score (nSPS) is 16.3. The van der Waals surface area contributed by atoms with Crippen LogP contribution in [0.5, 0.6) is 0 Å². The third-order valence-corrected chi connectivity index (χ3v) is 8.18. The van der Waals surface area contributed by atoms with Gasteiger partial charge < -0.3 is 9.47 Å². The second kappa shape index (κ2) is 8.99. The van der Waals surface area contributed by atoms with Gasteiger partial charge in [-0.05, 0) is 46.0 Å². The molecule has 0 N–H and O–H groups in total. The van der Waals surface area contributed by atoms with Gasteiger partial charge in [-0.3, -0.25) is 4.79 Å². The maximum atomic E-state index is 12.8. The fourth-order valence-electron chi connectivity index (χ4n) is 3.57. The molecule has 3 rings (SSSR count). The summed E-state index contributed by atoms with van der Waals surface area (Å²) in [5.41, 5.74) is 2.80. The smallest absolute Gasteiger partial charge is 0.244 e. The highest BCUT2D eigenvalue weighted by Gasteiger charge is 2.27. The molecule has 0 amide bonds. The van der Waals surface area contributed by atoms with Crippen molar-refractivity contribution in [2.24, 2.45) is 0 Å². The van der Waals surface area contributed by atoms with Gasteiger partial charge in [-0.25, -0.2) is 13.4 Å². The Morgan fingerprint density at radius 2 is 1.86 bits per heavy atom. The summed E-state index contributed by atoms with van der Waals surface area (Å²) in [6, 6.07) is 5.19. The van der Waals surface area contributed by atoms with Gasteiger partial charge in [-0.1, -0.05) is 11.8 Å². The molecule has 0 saturated carbocycles. The summed E-state index contributed by atoms with van der Waals surface area (Å²) in [5.74, 6) is 0.324. The number of ketones is 1. The van der Waals surface area contributed by atoms with Crippen molar-refractivity contribution in [2.45, 2.75) is 37.2 Å². The second-order valence-electron chi connectivity index (χ2n) is 7.28. The number of pyridine rings is 1. The van der Waals surface area contributed by atoms with Crippen LogP contribution in [0.15, 0.2) is 34.3 Å². The average Bonchev–Trinajstić information content (AvgIpc) is 3.00. The van der Waals surface area contributed by atoms with Gasteiger partial charge in [0.2, 0.25) is 10.0 Å². The first-order chi connectivity index (χ1) is 13.7. The lowest BCUT2D eigenvalue weighted by Crippen LogP contribution is -2.47. The Morgan fingerprint density at radius 3 is 2.41 bits per heavy atom. The number of Topliss-reactive ketones (excluding diaryl/α,β-unsaturated/α-hetero) is 1. The maximum absolute atomic E-state index is 12.8. The first-order valence-electron chi connectivity index (χ1n) is 9.71. The van der Waals surface area contributed by atoms with E-state index in [0.29, 0.717) is 18.1 Å². The van der Waals surface area contributed by atoms with Crippen LogP contribution in [0.25, 0.3) is 0 Å². The standard InChI is InChI=1S/C20H28N4O3S2/c1-5-24-15(2)12-18(16(24)3)19(25)14-28-20-7-6-17(13-21-20)29(26,27)23-10-8-22(4)9-11-23/h6-7,12-13H,5,8-11,14H2,1-4H3. The molecule has 2 aromatic rings. The van der Waals surface area contributed by atoms with E-state index in [9.17, 15) is 13.2 Å². The average molecular weight is 437 g/mol. The van der Waals surface area contributed by atoms with Crippen LogP contribution in [0.1, 0.15) is 28.7 Å². The molecule has 0 bridgehead atoms. The van der Waals surface area contributed by atoms with Gasteiger partial charge in [-0.2, -0.15) is 4.31 Å². The number of piperazine rings is 1. The number of sulfonamides is 1. The third kappa shape index (κ3) is 4.74. The number of carbonyl (C=O) groups excluding carboxylic acids is 1. The zero-order chi connectivity index (χ0) is 21.2. The van der Waals surface area contributed by atoms with Gasteiger partial charge in [0.15, 0.2) is 5.78 Å². The summed E-state index contributed by atoms with van der Waals surface area (Å²) in [6.45, 7) is 9.28. The zero-order valence-corrected chi connectivity index (χ0v) is 19.0. The van der Waals surface area contributed by atoms with Crippen LogP contribution in [0.3, 0.4) is 0 Å². The number of rotatable bonds is 7. The number of hydrogen-bond donors (Lipinski definition) is 0. The summed E-state index contributed by atoms with van der Waals surface area (Å²) in [7, 11) is -1.54. The number of nitrogens with zero attached hydrogens (tertiary/aromatic N) is 4. The number of carbonyl (C=O) groups is 1. The zero-order valence-electron chi connectivity index (χ0n) is 17.4. The molecule has 1 saturated heterocycles. The Bertz CT molecular complexity index is 976. The van der Waals surface area contributed by atoms with E-state index in [-0.39, 0.29) is 16.4 Å². The lowest BCUT2D eigenvalue weighted by Gasteiger charge is -2.31. The van der Waals surface area contributed by atoms with Crippen molar-refractivity contribution in [1.29, 1.82) is 0 Å². The molecule has 0 radical (unpaired) electrons. The minimum absolute atomic E-state index is 0.0544. The number of aromatic nitrogens is 2. The predicted molar refractivity (Wildman–Crippen MR) is 115 cm³/mol. The van der Waals surface area contributed by atoms with Crippen molar-refractivity contribution < 1.29 is 13.2 Å². The van der Waals surface area contributed by atoms with E-state index in [1.165, 1.54) is 22.3 Å². The van der Waals surface area contributed by atoms with Gasteiger partial charge in [0.25, 0.3) is 0 Å². The summed E-state index contributed by atoms with van der Waals surface area (Å²) >= 11 is 1.32. The Hall–Kier alpha value is -1.68. The molecule has 2 aromatic heterocycles. The van der Waals surface area contributed by atoms with E-state index >= 15 is 0 Å². The molecule has 0 spiro atoms. The van der Waals surface area contributed by atoms with E-state index < -0.39 is 10.0 Å². The molecule has 158 valence electrons. The minimum atomic E-state index is -3.52. The molecule has 3 heterocycles. The molecular formula is C20H28N4O3S2. The van der Waals surface area contributed by atoms with Gasteiger partial charge in [0.05, 0.1) is 10.8 Å². The van der Waals surface area contributed by atoms with Crippen LogP contribution in [0.2, 0.25) is 0 Å². The summed E-state index contributed by atoms with van der Waals surface area (Å²) in [4.78, 5) is 19.2. The Kier molecular flexibility index (Phi) is 6.83. The third-order valence-electron chi connectivity index (χ3n) is 5.35. The first kappa shape index (κ1) is 22.0. The molecule has 1 aliphatic heterocycles. The molecule has 0 unspecified atom stereocenters. The van der Waals surface area contributed by atoms with E-state index in [2.05, 4.69) is 21.4 Å². The van der Waals surface area contributed by atoms with Crippen molar-refractivity contribution >= 4 is 27.6 Å². The van der Waals surface area contributed by atoms with Crippen LogP contribution >= 0.6 is 11.8 Å². The fraction of sp³-hybridized carbons (Fsp3) is 0.500. The summed E-state index contributed by atoms with van der Waals surface area (Å²) in [5, 5.41) is 0.639. The van der Waals surface area contributed by atoms with E-state index in [4.69, 9.17) is 0 Å². The van der Waals surface area contributed by atoms with Gasteiger partial charge in [0.1, 0.15) is 4.90 Å². The van der Waals surface area contributed by atoms with Crippen molar-refractivity contribution in [2.75, 3.05) is 39.0 Å². The monoisotopic (exact) mass is 436 g/mol. The molecule has 1 aliphatic rings. The summed E-state index contributed by atoms with van der Waals surface area (Å²) < 4.78 is 29.1. The van der Waals surface area contributed by atoms with Crippen molar-refractivity contribution in [3.05, 3.63) is 41.3 Å². The van der Waals surface area contributed by atoms with E-state index in [1.54, 1.807) is 12.1 Å². The molecule has 7 nitrogen and oxygen atoms in total. The largest absolute Gasteiger partial charge is 0.349 e. The highest BCUT2D eigenvalue weighted by atomic mass is 32.2. The van der Waals surface area contributed by atoms with E-state index in [0.717, 1.165) is 36.6 Å². The summed E-state index contributed by atoms with van der Waals surface area (Å²) in [6.07, 6.45) is 1.39. The van der Waals surface area contributed by atoms with Crippen LogP contribution in [0.4, 0.5) is 0 Å².